The normalized spacial score (nSPS) is 13.3. The van der Waals surface area contributed by atoms with Gasteiger partial charge in [0.05, 0.1) is 12.2 Å². The van der Waals surface area contributed by atoms with Crippen molar-refractivity contribution in [1.82, 2.24) is 10.6 Å². The molecule has 2 N–H and O–H groups in total. The predicted octanol–water partition coefficient (Wildman–Crippen LogP) is 1.02. The summed E-state index contributed by atoms with van der Waals surface area (Å²) in [5, 5.41) is 6.69. The van der Waals surface area contributed by atoms with Gasteiger partial charge in [-0.1, -0.05) is 0 Å². The highest BCUT2D eigenvalue weighted by molar-refractivity contribution is 4.56. The maximum atomic E-state index is 5.44. The van der Waals surface area contributed by atoms with Gasteiger partial charge in [-0.05, 0) is 33.7 Å². The third-order valence-electron chi connectivity index (χ3n) is 2.26. The van der Waals surface area contributed by atoms with Gasteiger partial charge >= 0.3 is 0 Å². The number of hydrogen-bond donors (Lipinski definition) is 2. The Morgan fingerprint density at radius 3 is 2.31 bits per heavy atom. The first-order valence-corrected chi connectivity index (χ1v) is 6.22. The molecule has 98 valence electrons. The summed E-state index contributed by atoms with van der Waals surface area (Å²) < 4.78 is 10.6. The van der Waals surface area contributed by atoms with Gasteiger partial charge in [0.15, 0.2) is 0 Å². The van der Waals surface area contributed by atoms with Gasteiger partial charge < -0.3 is 20.1 Å². The Labute approximate surface area is 100 Å². The SMILES string of the molecule is COC(C)CNCCNCCCOC(C)C. The first kappa shape index (κ1) is 15.8. The molecular weight excluding hydrogens is 204 g/mol. The van der Waals surface area contributed by atoms with Crippen LogP contribution in [0.2, 0.25) is 0 Å². The average Bonchev–Trinajstić information content (AvgIpc) is 2.26. The Balaban J connectivity index is 2.99. The summed E-state index contributed by atoms with van der Waals surface area (Å²) in [6.45, 7) is 10.9. The van der Waals surface area contributed by atoms with Crippen molar-refractivity contribution in [3.05, 3.63) is 0 Å². The number of nitrogens with one attached hydrogen (secondary N) is 2. The van der Waals surface area contributed by atoms with E-state index in [1.807, 2.05) is 0 Å². The molecule has 0 aliphatic heterocycles. The smallest absolute Gasteiger partial charge is 0.0667 e. The van der Waals surface area contributed by atoms with Gasteiger partial charge in [-0.2, -0.15) is 0 Å². The second kappa shape index (κ2) is 11.3. The number of rotatable bonds is 11. The molecule has 1 atom stereocenters. The van der Waals surface area contributed by atoms with Gasteiger partial charge in [0.2, 0.25) is 0 Å². The Morgan fingerprint density at radius 2 is 1.69 bits per heavy atom. The van der Waals surface area contributed by atoms with Gasteiger partial charge in [0.1, 0.15) is 0 Å². The van der Waals surface area contributed by atoms with Crippen LogP contribution in [0.25, 0.3) is 0 Å². The molecule has 0 spiro atoms. The van der Waals surface area contributed by atoms with Crippen LogP contribution < -0.4 is 10.6 Å². The van der Waals surface area contributed by atoms with E-state index in [1.54, 1.807) is 7.11 Å². The van der Waals surface area contributed by atoms with Crippen molar-refractivity contribution < 1.29 is 9.47 Å². The monoisotopic (exact) mass is 232 g/mol. The van der Waals surface area contributed by atoms with Crippen LogP contribution in [0.3, 0.4) is 0 Å². The average molecular weight is 232 g/mol. The third-order valence-corrected chi connectivity index (χ3v) is 2.26. The standard InChI is InChI=1S/C12H28N2O2/c1-11(2)16-9-5-6-13-7-8-14-10-12(3)15-4/h11-14H,5-10H2,1-4H3. The molecular formula is C12H28N2O2. The zero-order chi connectivity index (χ0) is 12.2. The van der Waals surface area contributed by atoms with Crippen molar-refractivity contribution in [2.24, 2.45) is 0 Å². The fraction of sp³-hybridized carbons (Fsp3) is 1.00. The zero-order valence-electron chi connectivity index (χ0n) is 11.2. The lowest BCUT2D eigenvalue weighted by Gasteiger charge is -2.11. The van der Waals surface area contributed by atoms with Crippen molar-refractivity contribution in [3.8, 4) is 0 Å². The lowest BCUT2D eigenvalue weighted by Crippen LogP contribution is -2.33. The molecule has 0 rings (SSSR count). The topological polar surface area (TPSA) is 42.5 Å². The molecule has 16 heavy (non-hydrogen) atoms. The third kappa shape index (κ3) is 11.9. The van der Waals surface area contributed by atoms with Crippen LogP contribution in [-0.4, -0.2) is 52.1 Å². The number of ether oxygens (including phenoxy) is 2. The molecule has 4 heteroatoms. The highest BCUT2D eigenvalue weighted by Crippen LogP contribution is 1.88. The zero-order valence-corrected chi connectivity index (χ0v) is 11.2. The molecule has 0 amide bonds. The fourth-order valence-corrected chi connectivity index (χ4v) is 1.21. The fourth-order valence-electron chi connectivity index (χ4n) is 1.21. The van der Waals surface area contributed by atoms with Gasteiger partial charge in [-0.15, -0.1) is 0 Å². The Kier molecular flexibility index (Phi) is 11.2. The molecule has 0 bridgehead atoms. The summed E-state index contributed by atoms with van der Waals surface area (Å²) in [7, 11) is 1.74. The summed E-state index contributed by atoms with van der Waals surface area (Å²) in [4.78, 5) is 0. The van der Waals surface area contributed by atoms with Crippen molar-refractivity contribution in [1.29, 1.82) is 0 Å². The molecule has 0 aliphatic carbocycles. The summed E-state index contributed by atoms with van der Waals surface area (Å²) in [6, 6.07) is 0. The summed E-state index contributed by atoms with van der Waals surface area (Å²) in [6.07, 6.45) is 1.71. The minimum atomic E-state index is 0.291. The molecule has 0 aromatic carbocycles. The highest BCUT2D eigenvalue weighted by atomic mass is 16.5. The van der Waals surface area contributed by atoms with Gasteiger partial charge in [-0.3, -0.25) is 0 Å². The highest BCUT2D eigenvalue weighted by Gasteiger charge is 1.97. The molecule has 0 fully saturated rings. The molecule has 0 aromatic heterocycles. The van der Waals surface area contributed by atoms with E-state index in [2.05, 4.69) is 31.4 Å². The van der Waals surface area contributed by atoms with E-state index in [-0.39, 0.29) is 0 Å². The van der Waals surface area contributed by atoms with Crippen molar-refractivity contribution in [3.63, 3.8) is 0 Å². The van der Waals surface area contributed by atoms with E-state index in [4.69, 9.17) is 9.47 Å². The van der Waals surface area contributed by atoms with Crippen molar-refractivity contribution >= 4 is 0 Å². The lowest BCUT2D eigenvalue weighted by molar-refractivity contribution is 0.0771. The molecule has 0 radical (unpaired) electrons. The van der Waals surface area contributed by atoms with Gasteiger partial charge in [0, 0.05) is 33.4 Å². The van der Waals surface area contributed by atoms with Crippen LogP contribution in [0, 0.1) is 0 Å². The van der Waals surface area contributed by atoms with Crippen LogP contribution >= 0.6 is 0 Å². The number of hydrogen-bond acceptors (Lipinski definition) is 4. The lowest BCUT2D eigenvalue weighted by atomic mass is 10.4. The molecule has 0 heterocycles. The van der Waals surface area contributed by atoms with Gasteiger partial charge in [-0.25, -0.2) is 0 Å². The van der Waals surface area contributed by atoms with Crippen LogP contribution in [0.15, 0.2) is 0 Å². The van der Waals surface area contributed by atoms with E-state index in [1.165, 1.54) is 0 Å². The quantitative estimate of drug-likeness (QED) is 0.522. The van der Waals surface area contributed by atoms with E-state index < -0.39 is 0 Å². The number of methoxy groups -OCH3 is 1. The van der Waals surface area contributed by atoms with Crippen LogP contribution in [-0.2, 0) is 9.47 Å². The molecule has 0 aromatic rings. The summed E-state index contributed by atoms with van der Waals surface area (Å²) >= 11 is 0. The van der Waals surface area contributed by atoms with E-state index in [9.17, 15) is 0 Å². The minimum absolute atomic E-state index is 0.291. The van der Waals surface area contributed by atoms with E-state index in [0.29, 0.717) is 12.2 Å². The van der Waals surface area contributed by atoms with Crippen LogP contribution in [0.1, 0.15) is 27.2 Å². The maximum Gasteiger partial charge on any atom is 0.0667 e. The van der Waals surface area contributed by atoms with Gasteiger partial charge in [0.25, 0.3) is 0 Å². The Morgan fingerprint density at radius 1 is 1.00 bits per heavy atom. The second-order valence-corrected chi connectivity index (χ2v) is 4.27. The molecule has 0 saturated heterocycles. The Bertz CT molecular complexity index is 143. The first-order chi connectivity index (χ1) is 7.66. The maximum absolute atomic E-state index is 5.44. The van der Waals surface area contributed by atoms with Crippen molar-refractivity contribution in [2.45, 2.75) is 39.4 Å². The van der Waals surface area contributed by atoms with E-state index >= 15 is 0 Å². The molecule has 4 nitrogen and oxygen atoms in total. The Hall–Kier alpha value is -0.160. The predicted molar refractivity (Wildman–Crippen MR) is 67.9 cm³/mol. The molecule has 0 saturated carbocycles. The van der Waals surface area contributed by atoms with Crippen LogP contribution in [0.5, 0.6) is 0 Å². The second-order valence-electron chi connectivity index (χ2n) is 4.27. The summed E-state index contributed by atoms with van der Waals surface area (Å²) in [5.41, 5.74) is 0. The largest absolute Gasteiger partial charge is 0.380 e. The first-order valence-electron chi connectivity index (χ1n) is 6.22. The van der Waals surface area contributed by atoms with Crippen LogP contribution in [0.4, 0.5) is 0 Å². The molecule has 1 unspecified atom stereocenters. The molecule has 0 aliphatic rings. The van der Waals surface area contributed by atoms with Crippen molar-refractivity contribution in [2.75, 3.05) is 39.9 Å². The minimum Gasteiger partial charge on any atom is -0.380 e. The van der Waals surface area contributed by atoms with E-state index in [0.717, 1.165) is 39.2 Å². The summed E-state index contributed by atoms with van der Waals surface area (Å²) in [5.74, 6) is 0.